The summed E-state index contributed by atoms with van der Waals surface area (Å²) >= 11 is 0. The minimum Gasteiger partial charge on any atom is -0.338 e. The van der Waals surface area contributed by atoms with E-state index in [0.717, 1.165) is 24.8 Å². The topological polar surface area (TPSA) is 59.2 Å². The van der Waals surface area contributed by atoms with Gasteiger partial charge >= 0.3 is 6.18 Å². The summed E-state index contributed by atoms with van der Waals surface area (Å²) in [6.45, 7) is 1.65. The molecule has 1 aromatic rings. The number of hydrogen-bond acceptors (Lipinski definition) is 3. The summed E-state index contributed by atoms with van der Waals surface area (Å²) < 4.78 is 37.0. The van der Waals surface area contributed by atoms with E-state index >= 15 is 0 Å². The molecule has 0 radical (unpaired) electrons. The van der Waals surface area contributed by atoms with Crippen molar-refractivity contribution in [1.82, 2.24) is 9.88 Å². The first-order valence-electron chi connectivity index (χ1n) is 5.94. The number of alkyl halides is 3. The average molecular weight is 273 g/mol. The van der Waals surface area contributed by atoms with Crippen LogP contribution in [-0.4, -0.2) is 35.4 Å². The highest BCUT2D eigenvalue weighted by Gasteiger charge is 2.33. The third kappa shape index (κ3) is 3.04. The lowest BCUT2D eigenvalue weighted by atomic mass is 10.1. The van der Waals surface area contributed by atoms with E-state index in [1.807, 2.05) is 0 Å². The number of halogens is 3. The van der Waals surface area contributed by atoms with E-state index in [2.05, 4.69) is 4.98 Å². The summed E-state index contributed by atoms with van der Waals surface area (Å²) in [7, 11) is 0. The molecule has 0 aromatic carbocycles. The van der Waals surface area contributed by atoms with Crippen LogP contribution in [0.15, 0.2) is 18.3 Å². The highest BCUT2D eigenvalue weighted by atomic mass is 19.4. The van der Waals surface area contributed by atoms with Crippen LogP contribution in [-0.2, 0) is 6.18 Å². The second-order valence-corrected chi connectivity index (χ2v) is 4.57. The largest absolute Gasteiger partial charge is 0.433 e. The Morgan fingerprint density at radius 1 is 1.47 bits per heavy atom. The third-order valence-electron chi connectivity index (χ3n) is 3.21. The SMILES string of the molecule is NCC1CCN(C(=O)c2ccc(C(F)(F)F)nc2)C1. The molecule has 1 aromatic heterocycles. The molecule has 1 amide bonds. The van der Waals surface area contributed by atoms with Crippen LogP contribution in [0.2, 0.25) is 0 Å². The Bertz CT molecular complexity index is 458. The number of aromatic nitrogens is 1. The van der Waals surface area contributed by atoms with Crippen molar-refractivity contribution in [3.05, 3.63) is 29.6 Å². The molecule has 1 aliphatic heterocycles. The number of nitrogens with two attached hydrogens (primary N) is 1. The number of hydrogen-bond donors (Lipinski definition) is 1. The van der Waals surface area contributed by atoms with E-state index in [0.29, 0.717) is 19.6 Å². The van der Waals surface area contributed by atoms with E-state index in [1.165, 1.54) is 0 Å². The van der Waals surface area contributed by atoms with Crippen LogP contribution in [0.5, 0.6) is 0 Å². The first-order chi connectivity index (χ1) is 8.91. The molecule has 4 nitrogen and oxygen atoms in total. The van der Waals surface area contributed by atoms with Crippen molar-refractivity contribution in [2.45, 2.75) is 12.6 Å². The molecule has 1 saturated heterocycles. The van der Waals surface area contributed by atoms with Crippen molar-refractivity contribution >= 4 is 5.91 Å². The maximum Gasteiger partial charge on any atom is 0.433 e. The van der Waals surface area contributed by atoms with Gasteiger partial charge in [0.25, 0.3) is 5.91 Å². The zero-order chi connectivity index (χ0) is 14.0. The van der Waals surface area contributed by atoms with Crippen LogP contribution in [0.1, 0.15) is 22.5 Å². The zero-order valence-electron chi connectivity index (χ0n) is 10.2. The lowest BCUT2D eigenvalue weighted by Crippen LogP contribution is -2.30. The Morgan fingerprint density at radius 3 is 2.68 bits per heavy atom. The third-order valence-corrected chi connectivity index (χ3v) is 3.21. The van der Waals surface area contributed by atoms with E-state index < -0.39 is 11.9 Å². The minimum atomic E-state index is -4.49. The Hall–Kier alpha value is -1.63. The second kappa shape index (κ2) is 5.16. The van der Waals surface area contributed by atoms with E-state index in [4.69, 9.17) is 5.73 Å². The number of amides is 1. The van der Waals surface area contributed by atoms with Gasteiger partial charge in [-0.2, -0.15) is 13.2 Å². The molecule has 2 rings (SSSR count). The Kier molecular flexibility index (Phi) is 3.75. The van der Waals surface area contributed by atoms with Gasteiger partial charge in [0.1, 0.15) is 5.69 Å². The summed E-state index contributed by atoms with van der Waals surface area (Å²) in [5.74, 6) is -0.0245. The van der Waals surface area contributed by atoms with Gasteiger partial charge < -0.3 is 10.6 Å². The monoisotopic (exact) mass is 273 g/mol. The number of likely N-dealkylation sites (tertiary alicyclic amines) is 1. The Morgan fingerprint density at radius 2 is 2.21 bits per heavy atom. The first-order valence-corrected chi connectivity index (χ1v) is 5.94. The molecule has 0 spiro atoms. The van der Waals surface area contributed by atoms with E-state index in [-0.39, 0.29) is 17.4 Å². The standard InChI is InChI=1S/C12H14F3N3O/c13-12(14,15)10-2-1-9(6-17-10)11(19)18-4-3-8(5-16)7-18/h1-2,6,8H,3-5,7,16H2. The van der Waals surface area contributed by atoms with Crippen molar-refractivity contribution < 1.29 is 18.0 Å². The molecule has 104 valence electrons. The van der Waals surface area contributed by atoms with Crippen molar-refractivity contribution in [3.63, 3.8) is 0 Å². The van der Waals surface area contributed by atoms with Gasteiger partial charge in [-0.05, 0) is 31.0 Å². The molecule has 0 saturated carbocycles. The predicted octanol–water partition coefficient (Wildman–Crippen LogP) is 1.52. The molecule has 2 N–H and O–H groups in total. The van der Waals surface area contributed by atoms with Gasteiger partial charge in [0.2, 0.25) is 0 Å². The lowest BCUT2D eigenvalue weighted by molar-refractivity contribution is -0.141. The summed E-state index contributed by atoms with van der Waals surface area (Å²) in [5, 5.41) is 0. The molecule has 7 heteroatoms. The Balaban J connectivity index is 2.08. The zero-order valence-corrected chi connectivity index (χ0v) is 10.2. The molecule has 19 heavy (non-hydrogen) atoms. The smallest absolute Gasteiger partial charge is 0.338 e. The second-order valence-electron chi connectivity index (χ2n) is 4.57. The molecule has 1 aliphatic rings. The molecule has 1 unspecified atom stereocenters. The van der Waals surface area contributed by atoms with Crippen molar-refractivity contribution in [2.24, 2.45) is 11.7 Å². The van der Waals surface area contributed by atoms with Gasteiger partial charge in [-0.3, -0.25) is 9.78 Å². The molecule has 0 bridgehead atoms. The van der Waals surface area contributed by atoms with Gasteiger partial charge in [-0.15, -0.1) is 0 Å². The summed E-state index contributed by atoms with van der Waals surface area (Å²) in [5.41, 5.74) is 4.70. The van der Waals surface area contributed by atoms with Crippen LogP contribution < -0.4 is 5.73 Å². The molecule has 0 aliphatic carbocycles. The van der Waals surface area contributed by atoms with Crippen molar-refractivity contribution in [3.8, 4) is 0 Å². The van der Waals surface area contributed by atoms with Crippen LogP contribution >= 0.6 is 0 Å². The fourth-order valence-electron chi connectivity index (χ4n) is 2.08. The van der Waals surface area contributed by atoms with Gasteiger partial charge in [0, 0.05) is 19.3 Å². The fraction of sp³-hybridized carbons (Fsp3) is 0.500. The molecule has 1 fully saturated rings. The Labute approximate surface area is 108 Å². The summed E-state index contributed by atoms with van der Waals surface area (Å²) in [6.07, 6.45) is -2.68. The predicted molar refractivity (Wildman–Crippen MR) is 62.3 cm³/mol. The molecule has 2 heterocycles. The van der Waals surface area contributed by atoms with Crippen LogP contribution in [0.3, 0.4) is 0 Å². The highest BCUT2D eigenvalue weighted by molar-refractivity contribution is 5.94. The minimum absolute atomic E-state index is 0.172. The number of pyridine rings is 1. The summed E-state index contributed by atoms with van der Waals surface area (Å²) in [6, 6.07) is 1.98. The van der Waals surface area contributed by atoms with Gasteiger partial charge in [0.15, 0.2) is 0 Å². The fourth-order valence-corrected chi connectivity index (χ4v) is 2.08. The van der Waals surface area contributed by atoms with E-state index in [1.54, 1.807) is 4.90 Å². The summed E-state index contributed by atoms with van der Waals surface area (Å²) in [4.78, 5) is 16.9. The van der Waals surface area contributed by atoms with Crippen molar-refractivity contribution in [1.29, 1.82) is 0 Å². The maximum atomic E-state index is 12.3. The maximum absolute atomic E-state index is 12.3. The van der Waals surface area contributed by atoms with Gasteiger partial charge in [0.05, 0.1) is 5.56 Å². The van der Waals surface area contributed by atoms with Gasteiger partial charge in [-0.25, -0.2) is 0 Å². The number of carbonyl (C=O) groups is 1. The number of rotatable bonds is 2. The van der Waals surface area contributed by atoms with Crippen molar-refractivity contribution in [2.75, 3.05) is 19.6 Å². The van der Waals surface area contributed by atoms with Crippen LogP contribution in [0.4, 0.5) is 13.2 Å². The molecular weight excluding hydrogens is 259 g/mol. The average Bonchev–Trinajstić information content (AvgIpc) is 2.86. The number of nitrogens with zero attached hydrogens (tertiary/aromatic N) is 2. The normalized spacial score (nSPS) is 19.8. The number of carbonyl (C=O) groups excluding carboxylic acids is 1. The highest BCUT2D eigenvalue weighted by Crippen LogP contribution is 2.27. The van der Waals surface area contributed by atoms with Crippen LogP contribution in [0, 0.1) is 5.92 Å². The van der Waals surface area contributed by atoms with E-state index in [9.17, 15) is 18.0 Å². The van der Waals surface area contributed by atoms with Gasteiger partial charge in [-0.1, -0.05) is 0 Å². The van der Waals surface area contributed by atoms with Crippen LogP contribution in [0.25, 0.3) is 0 Å². The molecular formula is C12H14F3N3O. The quantitative estimate of drug-likeness (QED) is 0.888. The lowest BCUT2D eigenvalue weighted by Gasteiger charge is -2.16. The first kappa shape index (κ1) is 13.8. The molecule has 1 atom stereocenters.